The molecule has 0 spiro atoms. The van der Waals surface area contributed by atoms with Crippen molar-refractivity contribution in [1.29, 1.82) is 0 Å². The maximum Gasteiger partial charge on any atom is 0.293 e. The fraction of sp³-hybridized carbons (Fsp3) is 0.500. The van der Waals surface area contributed by atoms with Crippen molar-refractivity contribution in [3.8, 4) is 0 Å². The van der Waals surface area contributed by atoms with Crippen LogP contribution in [0.15, 0.2) is 24.3 Å². The van der Waals surface area contributed by atoms with Crippen molar-refractivity contribution in [2.75, 3.05) is 25.4 Å². The zero-order valence-corrected chi connectivity index (χ0v) is 16.9. The van der Waals surface area contributed by atoms with E-state index in [1.54, 1.807) is 24.3 Å². The maximum atomic E-state index is 12.1. The number of carbonyl (C=O) groups excluding carboxylic acids is 3. The van der Waals surface area contributed by atoms with Gasteiger partial charge in [-0.15, -0.1) is 0 Å². The molecule has 1 fully saturated rings. The summed E-state index contributed by atoms with van der Waals surface area (Å²) in [5, 5.41) is 2.96. The molecule has 3 rings (SSSR count). The molecule has 2 aliphatic heterocycles. The lowest BCUT2D eigenvalue weighted by Crippen LogP contribution is -2.57. The lowest BCUT2D eigenvalue weighted by Gasteiger charge is -2.27. The van der Waals surface area contributed by atoms with Gasteiger partial charge in [-0.2, -0.15) is 0 Å². The lowest BCUT2D eigenvalue weighted by atomic mass is 10.1. The summed E-state index contributed by atoms with van der Waals surface area (Å²) < 4.78 is 30.9. The second kappa shape index (κ2) is 8.80. The largest absolute Gasteiger partial charge is 0.462 e. The quantitative estimate of drug-likeness (QED) is 0.504. The maximum absolute atomic E-state index is 12.1. The van der Waals surface area contributed by atoms with Crippen LogP contribution in [-0.4, -0.2) is 68.6 Å². The third-order valence-corrected chi connectivity index (χ3v) is 5.40. The normalized spacial score (nSPS) is 16.8. The molecule has 9 nitrogen and oxygen atoms in total. The Morgan fingerprint density at radius 2 is 1.71 bits per heavy atom. The summed E-state index contributed by atoms with van der Waals surface area (Å²) in [6.07, 6.45) is 0. The van der Waals surface area contributed by atoms with Crippen LogP contribution < -0.4 is 10.0 Å². The number of nitrogens with one attached hydrogen (secondary N) is 2. The van der Waals surface area contributed by atoms with Gasteiger partial charge in [-0.3, -0.25) is 19.3 Å². The Kier molecular flexibility index (Phi) is 6.91. The van der Waals surface area contributed by atoms with Crippen LogP contribution in [0.3, 0.4) is 0 Å². The van der Waals surface area contributed by atoms with Crippen LogP contribution in [0.5, 0.6) is 0 Å². The van der Waals surface area contributed by atoms with E-state index in [2.05, 4.69) is 14.8 Å². The molecular weight excluding hydrogens is 386 g/mol. The van der Waals surface area contributed by atoms with Gasteiger partial charge in [-0.25, -0.2) is 13.1 Å². The zero-order valence-electron chi connectivity index (χ0n) is 16.1. The first-order valence-electron chi connectivity index (χ1n) is 8.81. The van der Waals surface area contributed by atoms with Gasteiger partial charge in [-0.05, 0) is 32.9 Å². The summed E-state index contributed by atoms with van der Waals surface area (Å²) in [6.45, 7) is 6.99. The number of amides is 2. The number of rotatable bonds is 6. The molecule has 154 valence electrons. The van der Waals surface area contributed by atoms with Crippen LogP contribution in [-0.2, 0) is 19.6 Å². The first-order chi connectivity index (χ1) is 13.0. The summed E-state index contributed by atoms with van der Waals surface area (Å²) in [6, 6.07) is 6.40. The van der Waals surface area contributed by atoms with Crippen LogP contribution in [0.25, 0.3) is 0 Å². The molecule has 0 atom stereocenters. The van der Waals surface area contributed by atoms with E-state index >= 15 is 0 Å². The number of sulfonamides is 1. The molecule has 10 heteroatoms. The highest BCUT2D eigenvalue weighted by atomic mass is 32.2. The molecule has 1 aromatic carbocycles. The van der Waals surface area contributed by atoms with E-state index in [-0.39, 0.29) is 23.9 Å². The number of nitrogens with zero attached hydrogens (tertiary/aromatic N) is 1. The molecular formula is C18H25N3O6S. The van der Waals surface area contributed by atoms with Gasteiger partial charge < -0.3 is 10.1 Å². The molecule has 0 unspecified atom stereocenters. The Bertz CT molecular complexity index is 808. The van der Waals surface area contributed by atoms with Gasteiger partial charge in [0.1, 0.15) is 5.60 Å². The minimum Gasteiger partial charge on any atom is -0.462 e. The van der Waals surface area contributed by atoms with E-state index in [9.17, 15) is 22.8 Å². The van der Waals surface area contributed by atoms with Crippen LogP contribution in [0, 0.1) is 0 Å². The number of hydrogen-bond acceptors (Lipinski definition) is 7. The van der Waals surface area contributed by atoms with Crippen LogP contribution in [0.2, 0.25) is 0 Å². The average Bonchev–Trinajstić information content (AvgIpc) is 2.81. The van der Waals surface area contributed by atoms with Crippen molar-refractivity contribution < 1.29 is 27.5 Å². The molecule has 1 aromatic rings. The monoisotopic (exact) mass is 411 g/mol. The predicted octanol–water partition coefficient (Wildman–Crippen LogP) is 0.132. The van der Waals surface area contributed by atoms with Crippen LogP contribution in [0.1, 0.15) is 41.5 Å². The fourth-order valence-corrected chi connectivity index (χ4v) is 3.70. The topological polar surface area (TPSA) is 122 Å². The van der Waals surface area contributed by atoms with Gasteiger partial charge in [0.05, 0.1) is 16.9 Å². The first kappa shape index (κ1) is 22.0. The Hall–Kier alpha value is -2.30. The number of ether oxygens (including phenoxy) is 1. The minimum atomic E-state index is -3.50. The molecule has 2 aliphatic rings. The Balaban J connectivity index is 0.000000345. The molecule has 2 N–H and O–H groups in total. The van der Waals surface area contributed by atoms with E-state index in [0.29, 0.717) is 30.7 Å². The standard InChI is InChI=1S/C13H15N3O4S.C5H10O2/c17-12-10-3-1-2-4-11(10)13(18)16(12)5-6-21(19,20)15-9-7-14-8-9;1-5(2,3)7-4-6/h1-4,9,14-15H,5-8H2;4H,1-3H3. The highest BCUT2D eigenvalue weighted by molar-refractivity contribution is 7.89. The van der Waals surface area contributed by atoms with E-state index in [1.165, 1.54) is 0 Å². The van der Waals surface area contributed by atoms with Gasteiger partial charge >= 0.3 is 0 Å². The number of benzene rings is 1. The highest BCUT2D eigenvalue weighted by Crippen LogP contribution is 2.22. The zero-order chi connectivity index (χ0) is 20.9. The second-order valence-electron chi connectivity index (χ2n) is 7.43. The molecule has 2 amide bonds. The number of carbonyl (C=O) groups is 3. The predicted molar refractivity (Wildman–Crippen MR) is 102 cm³/mol. The lowest BCUT2D eigenvalue weighted by molar-refractivity contribution is -0.138. The van der Waals surface area contributed by atoms with Gasteiger partial charge in [-0.1, -0.05) is 12.1 Å². The second-order valence-corrected chi connectivity index (χ2v) is 9.30. The van der Waals surface area contributed by atoms with Gasteiger partial charge in [0.15, 0.2) is 0 Å². The van der Waals surface area contributed by atoms with Crippen molar-refractivity contribution in [3.63, 3.8) is 0 Å². The number of fused-ring (bicyclic) bond motifs is 1. The van der Waals surface area contributed by atoms with Crippen molar-refractivity contribution in [1.82, 2.24) is 14.9 Å². The Morgan fingerprint density at radius 1 is 1.18 bits per heavy atom. The summed E-state index contributed by atoms with van der Waals surface area (Å²) in [7, 11) is -3.50. The third kappa shape index (κ3) is 5.85. The van der Waals surface area contributed by atoms with Crippen LogP contribution >= 0.6 is 0 Å². The highest BCUT2D eigenvalue weighted by Gasteiger charge is 2.35. The van der Waals surface area contributed by atoms with Gasteiger partial charge in [0.2, 0.25) is 10.0 Å². The van der Waals surface area contributed by atoms with E-state index < -0.39 is 21.8 Å². The third-order valence-electron chi connectivity index (χ3n) is 3.99. The molecule has 28 heavy (non-hydrogen) atoms. The molecule has 2 heterocycles. The molecule has 0 bridgehead atoms. The van der Waals surface area contributed by atoms with E-state index in [1.807, 2.05) is 20.8 Å². The fourth-order valence-electron chi connectivity index (χ4n) is 2.48. The molecule has 0 aliphatic carbocycles. The van der Waals surface area contributed by atoms with Crippen molar-refractivity contribution in [3.05, 3.63) is 35.4 Å². The van der Waals surface area contributed by atoms with Gasteiger partial charge in [0, 0.05) is 25.7 Å². The minimum absolute atomic E-state index is 0.0998. The molecule has 0 radical (unpaired) electrons. The number of hydrogen-bond donors (Lipinski definition) is 2. The SMILES string of the molecule is CC(C)(C)OC=O.O=C1c2ccccc2C(=O)N1CCS(=O)(=O)NC1CNC1. The van der Waals surface area contributed by atoms with Crippen LogP contribution in [0.4, 0.5) is 0 Å². The Morgan fingerprint density at radius 3 is 2.07 bits per heavy atom. The summed E-state index contributed by atoms with van der Waals surface area (Å²) in [5.74, 6) is -1.15. The van der Waals surface area contributed by atoms with Gasteiger partial charge in [0.25, 0.3) is 18.3 Å². The average molecular weight is 411 g/mol. The van der Waals surface area contributed by atoms with E-state index in [0.717, 1.165) is 4.90 Å². The molecule has 0 aromatic heterocycles. The summed E-state index contributed by atoms with van der Waals surface area (Å²) in [4.78, 5) is 34.8. The van der Waals surface area contributed by atoms with Crippen molar-refractivity contribution >= 4 is 28.3 Å². The molecule has 0 saturated carbocycles. The summed E-state index contributed by atoms with van der Waals surface area (Å²) >= 11 is 0. The molecule has 1 saturated heterocycles. The number of imide groups is 1. The van der Waals surface area contributed by atoms with Crippen molar-refractivity contribution in [2.24, 2.45) is 0 Å². The Labute approximate surface area is 164 Å². The summed E-state index contributed by atoms with van der Waals surface area (Å²) in [5.41, 5.74) is 0.342. The van der Waals surface area contributed by atoms with E-state index in [4.69, 9.17) is 0 Å². The smallest absolute Gasteiger partial charge is 0.293 e. The van der Waals surface area contributed by atoms with Crippen molar-refractivity contribution in [2.45, 2.75) is 32.4 Å². The first-order valence-corrected chi connectivity index (χ1v) is 10.5.